The van der Waals surface area contributed by atoms with Gasteiger partial charge in [-0.2, -0.15) is 17.0 Å². The minimum atomic E-state index is -0.135. The molecule has 1 amide bonds. The Kier molecular flexibility index (Phi) is 5.10. The van der Waals surface area contributed by atoms with Crippen molar-refractivity contribution in [2.24, 2.45) is 5.92 Å². The molecular formula is C14H16N2O2S. The van der Waals surface area contributed by atoms with Crippen molar-refractivity contribution in [3.8, 4) is 11.8 Å². The van der Waals surface area contributed by atoms with Gasteiger partial charge >= 0.3 is 0 Å². The van der Waals surface area contributed by atoms with Crippen molar-refractivity contribution in [2.75, 3.05) is 24.7 Å². The average molecular weight is 276 g/mol. The smallest absolute Gasteiger partial charge is 0.257 e. The van der Waals surface area contributed by atoms with E-state index >= 15 is 0 Å². The van der Waals surface area contributed by atoms with Crippen LogP contribution in [0.1, 0.15) is 12.0 Å². The maximum atomic E-state index is 11.6. The summed E-state index contributed by atoms with van der Waals surface area (Å²) < 4.78 is 5.37. The number of nitrogens with zero attached hydrogens (tertiary/aromatic N) is 1. The Balaban J connectivity index is 1.75. The molecule has 1 aliphatic heterocycles. The van der Waals surface area contributed by atoms with Crippen molar-refractivity contribution in [3.63, 3.8) is 0 Å². The molecule has 0 aliphatic carbocycles. The van der Waals surface area contributed by atoms with Crippen molar-refractivity contribution >= 4 is 17.7 Å². The van der Waals surface area contributed by atoms with E-state index in [-0.39, 0.29) is 12.5 Å². The van der Waals surface area contributed by atoms with E-state index in [1.165, 1.54) is 12.2 Å². The fourth-order valence-electron chi connectivity index (χ4n) is 1.88. The molecule has 2 rings (SSSR count). The van der Waals surface area contributed by atoms with Crippen LogP contribution in [0.3, 0.4) is 0 Å². The first-order valence-corrected chi connectivity index (χ1v) is 7.41. The van der Waals surface area contributed by atoms with E-state index in [0.29, 0.717) is 17.2 Å². The molecule has 0 radical (unpaired) electrons. The van der Waals surface area contributed by atoms with Crippen LogP contribution in [0.4, 0.5) is 0 Å². The van der Waals surface area contributed by atoms with Crippen molar-refractivity contribution in [2.45, 2.75) is 6.42 Å². The van der Waals surface area contributed by atoms with Gasteiger partial charge in [0.25, 0.3) is 5.91 Å². The lowest BCUT2D eigenvalue weighted by atomic mass is 10.1. The number of nitriles is 1. The molecular weight excluding hydrogens is 260 g/mol. The molecule has 0 saturated carbocycles. The van der Waals surface area contributed by atoms with Gasteiger partial charge in [0.2, 0.25) is 0 Å². The molecule has 1 heterocycles. The highest BCUT2D eigenvalue weighted by atomic mass is 32.2. The van der Waals surface area contributed by atoms with Crippen molar-refractivity contribution in [1.82, 2.24) is 5.32 Å². The summed E-state index contributed by atoms with van der Waals surface area (Å²) in [7, 11) is 0. The van der Waals surface area contributed by atoms with Crippen LogP contribution in [-0.2, 0) is 4.79 Å². The SMILES string of the molecule is N#Cc1ccccc1OCC(=O)NCC1CCSC1. The quantitative estimate of drug-likeness (QED) is 0.891. The fraction of sp³-hybridized carbons (Fsp3) is 0.429. The largest absolute Gasteiger partial charge is 0.482 e. The normalized spacial score (nSPS) is 17.7. The summed E-state index contributed by atoms with van der Waals surface area (Å²) in [5, 5.41) is 11.8. The molecule has 100 valence electrons. The highest BCUT2D eigenvalue weighted by Gasteiger charge is 2.16. The van der Waals surface area contributed by atoms with E-state index in [4.69, 9.17) is 10.00 Å². The monoisotopic (exact) mass is 276 g/mol. The lowest BCUT2D eigenvalue weighted by Crippen LogP contribution is -2.33. The van der Waals surface area contributed by atoms with Crippen LogP contribution in [0.25, 0.3) is 0 Å². The molecule has 1 aromatic rings. The lowest BCUT2D eigenvalue weighted by molar-refractivity contribution is -0.123. The van der Waals surface area contributed by atoms with E-state index in [1.54, 1.807) is 24.3 Å². The zero-order valence-electron chi connectivity index (χ0n) is 10.6. The molecule has 0 spiro atoms. The Labute approximate surface area is 117 Å². The number of carbonyl (C=O) groups is 1. The third-order valence-electron chi connectivity index (χ3n) is 2.98. The Morgan fingerprint density at radius 1 is 1.53 bits per heavy atom. The van der Waals surface area contributed by atoms with Gasteiger partial charge in [-0.15, -0.1) is 0 Å². The Hall–Kier alpha value is -1.67. The zero-order valence-corrected chi connectivity index (χ0v) is 11.4. The van der Waals surface area contributed by atoms with Crippen molar-refractivity contribution in [1.29, 1.82) is 5.26 Å². The van der Waals surface area contributed by atoms with Gasteiger partial charge in [0.05, 0.1) is 5.56 Å². The molecule has 1 aliphatic rings. The van der Waals surface area contributed by atoms with Gasteiger partial charge in [-0.25, -0.2) is 0 Å². The van der Waals surface area contributed by atoms with E-state index < -0.39 is 0 Å². The second-order valence-electron chi connectivity index (χ2n) is 4.43. The van der Waals surface area contributed by atoms with Gasteiger partial charge in [-0.3, -0.25) is 4.79 Å². The number of para-hydroxylation sites is 1. The van der Waals surface area contributed by atoms with Gasteiger partial charge in [-0.05, 0) is 36.0 Å². The number of hydrogen-bond acceptors (Lipinski definition) is 4. The zero-order chi connectivity index (χ0) is 13.5. The van der Waals surface area contributed by atoms with Crippen LogP contribution in [0.2, 0.25) is 0 Å². The number of amides is 1. The molecule has 1 atom stereocenters. The number of thioether (sulfide) groups is 1. The van der Waals surface area contributed by atoms with Crippen molar-refractivity contribution in [3.05, 3.63) is 29.8 Å². The second kappa shape index (κ2) is 7.05. The molecule has 0 aromatic heterocycles. The Bertz CT molecular complexity index is 479. The first-order chi connectivity index (χ1) is 9.29. The van der Waals surface area contributed by atoms with E-state index in [0.717, 1.165) is 12.3 Å². The molecule has 1 fully saturated rings. The number of nitrogens with one attached hydrogen (secondary N) is 1. The highest BCUT2D eigenvalue weighted by molar-refractivity contribution is 7.99. The van der Waals surface area contributed by atoms with Crippen LogP contribution >= 0.6 is 11.8 Å². The van der Waals surface area contributed by atoms with Gasteiger partial charge in [0.15, 0.2) is 6.61 Å². The summed E-state index contributed by atoms with van der Waals surface area (Å²) in [5.41, 5.74) is 0.447. The third-order valence-corrected chi connectivity index (χ3v) is 4.21. The predicted octanol–water partition coefficient (Wildman–Crippen LogP) is 1.81. The Morgan fingerprint density at radius 2 is 2.37 bits per heavy atom. The minimum Gasteiger partial charge on any atom is -0.482 e. The summed E-state index contributed by atoms with van der Waals surface area (Å²) in [5.74, 6) is 3.21. The molecule has 1 aromatic carbocycles. The van der Waals surface area contributed by atoms with Gasteiger partial charge in [0.1, 0.15) is 11.8 Å². The maximum Gasteiger partial charge on any atom is 0.257 e. The third kappa shape index (κ3) is 4.18. The van der Waals surface area contributed by atoms with E-state index in [9.17, 15) is 4.79 Å². The topological polar surface area (TPSA) is 62.1 Å². The average Bonchev–Trinajstić information content (AvgIpc) is 2.96. The molecule has 1 saturated heterocycles. The molecule has 0 bridgehead atoms. The summed E-state index contributed by atoms with van der Waals surface area (Å²) in [4.78, 5) is 11.6. The van der Waals surface area contributed by atoms with E-state index in [1.807, 2.05) is 17.8 Å². The van der Waals surface area contributed by atoms with Crippen molar-refractivity contribution < 1.29 is 9.53 Å². The van der Waals surface area contributed by atoms with Crippen LogP contribution in [0, 0.1) is 17.2 Å². The predicted molar refractivity (Wildman–Crippen MR) is 75.1 cm³/mol. The number of rotatable bonds is 5. The number of benzene rings is 1. The first kappa shape index (κ1) is 13.8. The van der Waals surface area contributed by atoms with Crippen LogP contribution in [-0.4, -0.2) is 30.6 Å². The molecule has 1 N–H and O–H groups in total. The van der Waals surface area contributed by atoms with Gasteiger partial charge in [0, 0.05) is 6.54 Å². The molecule has 1 unspecified atom stereocenters. The first-order valence-electron chi connectivity index (χ1n) is 6.26. The summed E-state index contributed by atoms with van der Waals surface area (Å²) in [6.45, 7) is 0.674. The summed E-state index contributed by atoms with van der Waals surface area (Å²) in [6.07, 6.45) is 1.17. The fourth-order valence-corrected chi connectivity index (χ4v) is 3.17. The highest BCUT2D eigenvalue weighted by Crippen LogP contribution is 2.22. The van der Waals surface area contributed by atoms with Crippen LogP contribution in [0.5, 0.6) is 5.75 Å². The molecule has 4 nitrogen and oxygen atoms in total. The lowest BCUT2D eigenvalue weighted by Gasteiger charge is -2.11. The summed E-state index contributed by atoms with van der Waals surface area (Å²) in [6, 6.07) is 8.95. The Morgan fingerprint density at radius 3 is 3.11 bits per heavy atom. The molecule has 5 heteroatoms. The number of hydrogen-bond donors (Lipinski definition) is 1. The van der Waals surface area contributed by atoms with Gasteiger partial charge in [-0.1, -0.05) is 12.1 Å². The van der Waals surface area contributed by atoms with Crippen LogP contribution < -0.4 is 10.1 Å². The number of ether oxygens (including phenoxy) is 1. The second-order valence-corrected chi connectivity index (χ2v) is 5.58. The summed E-state index contributed by atoms with van der Waals surface area (Å²) >= 11 is 1.93. The standard InChI is InChI=1S/C14H16N2O2S/c15-7-12-3-1-2-4-13(12)18-9-14(17)16-8-11-5-6-19-10-11/h1-4,11H,5-6,8-10H2,(H,16,17). The van der Waals surface area contributed by atoms with Gasteiger partial charge < -0.3 is 10.1 Å². The minimum absolute atomic E-state index is 0.0431. The maximum absolute atomic E-state index is 11.6. The van der Waals surface area contributed by atoms with Crippen LogP contribution in [0.15, 0.2) is 24.3 Å². The van der Waals surface area contributed by atoms with E-state index in [2.05, 4.69) is 5.32 Å². The number of carbonyl (C=O) groups excluding carboxylic acids is 1. The molecule has 19 heavy (non-hydrogen) atoms.